The van der Waals surface area contributed by atoms with E-state index in [9.17, 15) is 0 Å². The van der Waals surface area contributed by atoms with Crippen molar-refractivity contribution < 1.29 is 4.74 Å². The summed E-state index contributed by atoms with van der Waals surface area (Å²) < 4.78 is 5.17. The van der Waals surface area contributed by atoms with Gasteiger partial charge in [-0.2, -0.15) is 15.0 Å². The first-order chi connectivity index (χ1) is 10.3. The van der Waals surface area contributed by atoms with Gasteiger partial charge in [0, 0.05) is 25.2 Å². The average molecular weight is 292 g/mol. The van der Waals surface area contributed by atoms with Crippen LogP contribution in [0.15, 0.2) is 0 Å². The smallest absolute Gasteiger partial charge is 0.322 e. The van der Waals surface area contributed by atoms with E-state index in [-0.39, 0.29) is 0 Å². The van der Waals surface area contributed by atoms with Crippen LogP contribution in [-0.2, 0) is 0 Å². The van der Waals surface area contributed by atoms with Crippen LogP contribution in [0.4, 0.5) is 11.9 Å². The predicted octanol–water partition coefficient (Wildman–Crippen LogP) is 1.35. The molecule has 0 aromatic carbocycles. The van der Waals surface area contributed by atoms with Gasteiger partial charge in [-0.15, -0.1) is 0 Å². The highest BCUT2D eigenvalue weighted by atomic mass is 16.5. The standard InChI is InChI=1S/C14H24N6O/c1-3-7-15-12-17-13(19-14(18-12)21-2)16-10-6-9-20-8-4-5-11(10)20/h10-11H,3-9H2,1-2H3,(H2,15,16,17,18,19). The molecule has 0 bridgehead atoms. The van der Waals surface area contributed by atoms with Crippen molar-refractivity contribution in [1.82, 2.24) is 19.9 Å². The molecule has 0 spiro atoms. The first-order valence-electron chi connectivity index (χ1n) is 7.84. The van der Waals surface area contributed by atoms with Crippen molar-refractivity contribution in [2.75, 3.05) is 37.4 Å². The third-order valence-corrected chi connectivity index (χ3v) is 4.25. The molecule has 0 amide bonds. The van der Waals surface area contributed by atoms with Gasteiger partial charge in [0.2, 0.25) is 11.9 Å². The largest absolute Gasteiger partial charge is 0.467 e. The zero-order valence-corrected chi connectivity index (χ0v) is 12.8. The highest BCUT2D eigenvalue weighted by molar-refractivity contribution is 5.37. The quantitative estimate of drug-likeness (QED) is 0.819. The zero-order valence-electron chi connectivity index (χ0n) is 12.8. The minimum Gasteiger partial charge on any atom is -0.467 e. The molecule has 2 N–H and O–H groups in total. The van der Waals surface area contributed by atoms with Crippen LogP contribution in [0, 0.1) is 0 Å². The lowest BCUT2D eigenvalue weighted by Crippen LogP contribution is -2.34. The molecule has 3 rings (SSSR count). The second-order valence-corrected chi connectivity index (χ2v) is 5.68. The lowest BCUT2D eigenvalue weighted by Gasteiger charge is -2.21. The van der Waals surface area contributed by atoms with E-state index < -0.39 is 0 Å². The molecule has 2 fully saturated rings. The SMILES string of the molecule is CCCNc1nc(NC2CCN3CCCC23)nc(OC)n1. The summed E-state index contributed by atoms with van der Waals surface area (Å²) >= 11 is 0. The van der Waals surface area contributed by atoms with Crippen LogP contribution in [0.25, 0.3) is 0 Å². The number of hydrogen-bond acceptors (Lipinski definition) is 7. The van der Waals surface area contributed by atoms with Crippen LogP contribution < -0.4 is 15.4 Å². The van der Waals surface area contributed by atoms with Crippen LogP contribution in [0.5, 0.6) is 6.01 Å². The maximum atomic E-state index is 5.17. The molecular weight excluding hydrogens is 268 g/mol. The molecule has 7 heteroatoms. The van der Waals surface area contributed by atoms with Gasteiger partial charge in [-0.3, -0.25) is 4.90 Å². The number of ether oxygens (including phenoxy) is 1. The van der Waals surface area contributed by atoms with Crippen molar-refractivity contribution in [2.24, 2.45) is 0 Å². The molecule has 2 unspecified atom stereocenters. The highest BCUT2D eigenvalue weighted by Crippen LogP contribution is 2.29. The number of hydrogen-bond donors (Lipinski definition) is 2. The van der Waals surface area contributed by atoms with Crippen molar-refractivity contribution >= 4 is 11.9 Å². The Hall–Kier alpha value is -1.63. The van der Waals surface area contributed by atoms with E-state index in [1.54, 1.807) is 7.11 Å². The van der Waals surface area contributed by atoms with E-state index >= 15 is 0 Å². The van der Waals surface area contributed by atoms with Gasteiger partial charge >= 0.3 is 6.01 Å². The van der Waals surface area contributed by atoms with Crippen LogP contribution in [0.1, 0.15) is 32.6 Å². The zero-order chi connectivity index (χ0) is 14.7. The second kappa shape index (κ2) is 6.43. The van der Waals surface area contributed by atoms with Gasteiger partial charge in [0.05, 0.1) is 7.11 Å². The third-order valence-electron chi connectivity index (χ3n) is 4.25. The van der Waals surface area contributed by atoms with E-state index in [0.717, 1.165) is 19.4 Å². The summed E-state index contributed by atoms with van der Waals surface area (Å²) in [7, 11) is 1.58. The Morgan fingerprint density at radius 1 is 1.19 bits per heavy atom. The maximum absolute atomic E-state index is 5.17. The van der Waals surface area contributed by atoms with Crippen molar-refractivity contribution in [3.05, 3.63) is 0 Å². The lowest BCUT2D eigenvalue weighted by molar-refractivity contribution is 0.318. The highest BCUT2D eigenvalue weighted by Gasteiger charge is 2.37. The Balaban J connectivity index is 1.71. The van der Waals surface area contributed by atoms with Crippen molar-refractivity contribution in [3.63, 3.8) is 0 Å². The minimum atomic E-state index is 0.354. The van der Waals surface area contributed by atoms with E-state index in [1.807, 2.05) is 0 Å². The Kier molecular flexibility index (Phi) is 4.38. The van der Waals surface area contributed by atoms with Gasteiger partial charge in [0.15, 0.2) is 0 Å². The van der Waals surface area contributed by atoms with E-state index in [0.29, 0.717) is 30.0 Å². The lowest BCUT2D eigenvalue weighted by atomic mass is 10.1. The predicted molar refractivity (Wildman–Crippen MR) is 81.8 cm³/mol. The topological polar surface area (TPSA) is 75.2 Å². The summed E-state index contributed by atoms with van der Waals surface area (Å²) in [5.74, 6) is 1.19. The van der Waals surface area contributed by atoms with Crippen LogP contribution in [0.2, 0.25) is 0 Å². The Morgan fingerprint density at radius 2 is 2.05 bits per heavy atom. The maximum Gasteiger partial charge on any atom is 0.322 e. The average Bonchev–Trinajstić information content (AvgIpc) is 3.10. The fraction of sp³-hybridized carbons (Fsp3) is 0.786. The van der Waals surface area contributed by atoms with Gasteiger partial charge in [-0.05, 0) is 32.2 Å². The number of rotatable bonds is 6. The van der Waals surface area contributed by atoms with Crippen LogP contribution >= 0.6 is 0 Å². The third kappa shape index (κ3) is 3.18. The Labute approximate surface area is 125 Å². The summed E-state index contributed by atoms with van der Waals surface area (Å²) in [4.78, 5) is 15.6. The normalized spacial score (nSPS) is 24.9. The summed E-state index contributed by atoms with van der Waals surface area (Å²) in [5, 5.41) is 6.67. The van der Waals surface area contributed by atoms with Crippen LogP contribution in [-0.4, -0.2) is 58.7 Å². The van der Waals surface area contributed by atoms with Crippen molar-refractivity contribution in [1.29, 1.82) is 0 Å². The molecule has 0 aliphatic carbocycles. The number of methoxy groups -OCH3 is 1. The number of nitrogens with one attached hydrogen (secondary N) is 2. The Morgan fingerprint density at radius 3 is 2.86 bits per heavy atom. The molecule has 3 heterocycles. The molecule has 7 nitrogen and oxygen atoms in total. The van der Waals surface area contributed by atoms with E-state index in [2.05, 4.69) is 37.4 Å². The molecule has 2 aliphatic rings. The van der Waals surface area contributed by atoms with Crippen molar-refractivity contribution in [2.45, 2.75) is 44.7 Å². The van der Waals surface area contributed by atoms with Gasteiger partial charge in [-0.1, -0.05) is 6.92 Å². The van der Waals surface area contributed by atoms with Crippen molar-refractivity contribution in [3.8, 4) is 6.01 Å². The Bertz CT molecular complexity index is 483. The summed E-state index contributed by atoms with van der Waals surface area (Å²) in [5.41, 5.74) is 0. The van der Waals surface area contributed by atoms with E-state index in [4.69, 9.17) is 4.74 Å². The molecule has 21 heavy (non-hydrogen) atoms. The van der Waals surface area contributed by atoms with Crippen LogP contribution in [0.3, 0.4) is 0 Å². The summed E-state index contributed by atoms with van der Waals surface area (Å²) in [6.45, 7) is 5.35. The fourth-order valence-electron chi connectivity index (χ4n) is 3.24. The minimum absolute atomic E-state index is 0.354. The molecule has 2 saturated heterocycles. The van der Waals surface area contributed by atoms with E-state index in [1.165, 1.54) is 25.9 Å². The number of anilines is 2. The molecule has 1 aromatic heterocycles. The monoisotopic (exact) mass is 292 g/mol. The first kappa shape index (κ1) is 14.3. The molecule has 0 saturated carbocycles. The molecule has 2 atom stereocenters. The number of fused-ring (bicyclic) bond motifs is 1. The molecular formula is C14H24N6O. The second-order valence-electron chi connectivity index (χ2n) is 5.68. The molecule has 116 valence electrons. The molecule has 2 aliphatic heterocycles. The first-order valence-corrected chi connectivity index (χ1v) is 7.84. The summed E-state index contributed by atoms with van der Waals surface area (Å²) in [6.07, 6.45) is 4.74. The van der Waals surface area contributed by atoms with Gasteiger partial charge in [-0.25, -0.2) is 0 Å². The van der Waals surface area contributed by atoms with Gasteiger partial charge in [0.25, 0.3) is 0 Å². The number of aromatic nitrogens is 3. The molecule has 0 radical (unpaired) electrons. The van der Waals surface area contributed by atoms with Gasteiger partial charge in [0.1, 0.15) is 0 Å². The fourth-order valence-corrected chi connectivity index (χ4v) is 3.24. The number of nitrogens with zero attached hydrogens (tertiary/aromatic N) is 4. The van der Waals surface area contributed by atoms with Gasteiger partial charge < -0.3 is 15.4 Å². The summed E-state index contributed by atoms with van der Waals surface area (Å²) in [6, 6.07) is 1.41. The molecule has 1 aromatic rings.